The molecule has 1 saturated heterocycles. The van der Waals surface area contributed by atoms with Gasteiger partial charge in [0.25, 0.3) is 5.91 Å². The van der Waals surface area contributed by atoms with Gasteiger partial charge < -0.3 is 19.8 Å². The molecular formula is C19H21N5O2. The number of amides is 2. The number of nitrogens with one attached hydrogen (secondary N) is 2. The maximum atomic E-state index is 12.7. The Morgan fingerprint density at radius 3 is 2.96 bits per heavy atom. The molecule has 0 spiro atoms. The summed E-state index contributed by atoms with van der Waals surface area (Å²) in [5.74, 6) is 0.772. The van der Waals surface area contributed by atoms with Crippen LogP contribution in [0.15, 0.2) is 42.9 Å². The molecule has 1 aliphatic rings. The van der Waals surface area contributed by atoms with E-state index < -0.39 is 0 Å². The van der Waals surface area contributed by atoms with E-state index in [2.05, 4.69) is 15.3 Å². The highest BCUT2D eigenvalue weighted by atomic mass is 16.2. The number of H-pyrrole nitrogens is 1. The number of rotatable bonds is 4. The average molecular weight is 351 g/mol. The quantitative estimate of drug-likeness (QED) is 0.752. The Morgan fingerprint density at radius 2 is 2.19 bits per heavy atom. The van der Waals surface area contributed by atoms with Gasteiger partial charge in [0.15, 0.2) is 0 Å². The molecule has 2 aromatic heterocycles. The van der Waals surface area contributed by atoms with E-state index in [4.69, 9.17) is 0 Å². The number of carbonyl (C=O) groups excluding carboxylic acids is 2. The van der Waals surface area contributed by atoms with E-state index >= 15 is 0 Å². The molecule has 7 heteroatoms. The highest BCUT2D eigenvalue weighted by molar-refractivity contribution is 6.06. The number of likely N-dealkylation sites (tertiary alicyclic amines) is 1. The molecule has 1 fully saturated rings. The molecule has 2 atom stereocenters. The van der Waals surface area contributed by atoms with Crippen LogP contribution in [0.4, 0.5) is 0 Å². The largest absolute Gasteiger partial charge is 0.361 e. The third kappa shape index (κ3) is 2.65. The molecule has 0 saturated carbocycles. The SMILES string of the molecule is CN1C(=O)C[C@@H](CNC(=O)c2cccc3[nH]ccc23)[C@@H]1c1nccn1C. The van der Waals surface area contributed by atoms with Crippen molar-refractivity contribution >= 4 is 22.7 Å². The number of carbonyl (C=O) groups is 2. The van der Waals surface area contributed by atoms with Crippen molar-refractivity contribution in [3.63, 3.8) is 0 Å². The number of fused-ring (bicyclic) bond motifs is 1. The van der Waals surface area contributed by atoms with Crippen molar-refractivity contribution in [2.75, 3.05) is 13.6 Å². The maximum Gasteiger partial charge on any atom is 0.251 e. The second-order valence-corrected chi connectivity index (χ2v) is 6.76. The van der Waals surface area contributed by atoms with Gasteiger partial charge in [-0.2, -0.15) is 0 Å². The number of nitrogens with zero attached hydrogens (tertiary/aromatic N) is 3. The number of aromatic nitrogens is 3. The normalized spacial score (nSPS) is 20.1. The van der Waals surface area contributed by atoms with Crippen molar-refractivity contribution in [3.05, 3.63) is 54.2 Å². The summed E-state index contributed by atoms with van der Waals surface area (Å²) < 4.78 is 1.93. The fourth-order valence-corrected chi connectivity index (χ4v) is 3.78. The van der Waals surface area contributed by atoms with Crippen molar-refractivity contribution in [3.8, 4) is 0 Å². The number of hydrogen-bond donors (Lipinski definition) is 2. The first kappa shape index (κ1) is 16.4. The maximum absolute atomic E-state index is 12.7. The Kier molecular flexibility index (Phi) is 3.99. The third-order valence-corrected chi connectivity index (χ3v) is 5.18. The van der Waals surface area contributed by atoms with Crippen LogP contribution in [-0.4, -0.2) is 44.8 Å². The molecule has 0 aliphatic carbocycles. The summed E-state index contributed by atoms with van der Waals surface area (Å²) in [5.41, 5.74) is 1.56. The van der Waals surface area contributed by atoms with Gasteiger partial charge in [-0.3, -0.25) is 9.59 Å². The number of aromatic amines is 1. The van der Waals surface area contributed by atoms with E-state index in [1.165, 1.54) is 0 Å². The predicted molar refractivity (Wildman–Crippen MR) is 97.5 cm³/mol. The number of benzene rings is 1. The van der Waals surface area contributed by atoms with Gasteiger partial charge in [0.2, 0.25) is 5.91 Å². The summed E-state index contributed by atoms with van der Waals surface area (Å²) in [6.07, 6.45) is 5.83. The van der Waals surface area contributed by atoms with E-state index in [0.717, 1.165) is 16.7 Å². The van der Waals surface area contributed by atoms with Crippen molar-refractivity contribution in [1.82, 2.24) is 24.8 Å². The molecule has 26 heavy (non-hydrogen) atoms. The molecule has 134 valence electrons. The Labute approximate surface area is 151 Å². The molecule has 0 bridgehead atoms. The minimum atomic E-state index is -0.133. The van der Waals surface area contributed by atoms with E-state index in [-0.39, 0.29) is 23.8 Å². The monoisotopic (exact) mass is 351 g/mol. The second-order valence-electron chi connectivity index (χ2n) is 6.76. The lowest BCUT2D eigenvalue weighted by atomic mass is 9.99. The second kappa shape index (κ2) is 6.33. The van der Waals surface area contributed by atoms with Gasteiger partial charge >= 0.3 is 0 Å². The molecule has 3 aromatic rings. The Balaban J connectivity index is 1.53. The van der Waals surface area contributed by atoms with Gasteiger partial charge in [-0.05, 0) is 18.2 Å². The van der Waals surface area contributed by atoms with Gasteiger partial charge in [0.05, 0.1) is 6.04 Å². The van der Waals surface area contributed by atoms with Gasteiger partial charge in [0.1, 0.15) is 5.82 Å². The molecule has 2 N–H and O–H groups in total. The Morgan fingerprint density at radius 1 is 1.35 bits per heavy atom. The third-order valence-electron chi connectivity index (χ3n) is 5.18. The number of imidazole rings is 1. The Bertz CT molecular complexity index is 973. The molecule has 1 aliphatic heterocycles. The van der Waals surface area contributed by atoms with E-state index in [9.17, 15) is 9.59 Å². The predicted octanol–water partition coefficient (Wildman–Crippen LogP) is 1.85. The van der Waals surface area contributed by atoms with Gasteiger partial charge in [-0.1, -0.05) is 6.07 Å². The Hall–Kier alpha value is -3.09. The van der Waals surface area contributed by atoms with Crippen LogP contribution >= 0.6 is 0 Å². The van der Waals surface area contributed by atoms with Crippen molar-refractivity contribution in [2.45, 2.75) is 12.5 Å². The standard InChI is InChI=1S/C19H21N5O2/c1-23-9-8-21-18(23)17-12(10-16(25)24(17)2)11-22-19(26)14-4-3-5-15-13(14)6-7-20-15/h3-9,12,17,20H,10-11H2,1-2H3,(H,22,26)/t12-,17+/m0/s1. The first-order chi connectivity index (χ1) is 12.6. The zero-order valence-electron chi connectivity index (χ0n) is 14.8. The first-order valence-corrected chi connectivity index (χ1v) is 8.63. The summed E-state index contributed by atoms with van der Waals surface area (Å²) in [4.78, 5) is 34.2. The molecular weight excluding hydrogens is 330 g/mol. The van der Waals surface area contributed by atoms with Crippen molar-refractivity contribution in [2.24, 2.45) is 13.0 Å². The van der Waals surface area contributed by atoms with Crippen molar-refractivity contribution < 1.29 is 9.59 Å². The van der Waals surface area contributed by atoms with Crippen LogP contribution in [0.3, 0.4) is 0 Å². The molecule has 2 amide bonds. The molecule has 4 rings (SSSR count). The molecule has 7 nitrogen and oxygen atoms in total. The topological polar surface area (TPSA) is 83.0 Å². The lowest BCUT2D eigenvalue weighted by Gasteiger charge is -2.24. The minimum absolute atomic E-state index is 0.0111. The molecule has 0 radical (unpaired) electrons. The summed E-state index contributed by atoms with van der Waals surface area (Å²) in [6.45, 7) is 0.424. The number of aryl methyl sites for hydroxylation is 1. The first-order valence-electron chi connectivity index (χ1n) is 8.63. The lowest BCUT2D eigenvalue weighted by Crippen LogP contribution is -2.33. The molecule has 1 aromatic carbocycles. The van der Waals surface area contributed by atoms with E-state index in [1.54, 1.807) is 18.1 Å². The lowest BCUT2D eigenvalue weighted by molar-refractivity contribution is -0.127. The zero-order chi connectivity index (χ0) is 18.3. The molecule has 0 unspecified atom stereocenters. The van der Waals surface area contributed by atoms with Crippen LogP contribution in [0.2, 0.25) is 0 Å². The smallest absolute Gasteiger partial charge is 0.251 e. The fourth-order valence-electron chi connectivity index (χ4n) is 3.78. The van der Waals surface area contributed by atoms with Crippen LogP contribution in [0.1, 0.15) is 28.6 Å². The van der Waals surface area contributed by atoms with Crippen molar-refractivity contribution in [1.29, 1.82) is 0 Å². The minimum Gasteiger partial charge on any atom is -0.361 e. The van der Waals surface area contributed by atoms with Crippen LogP contribution in [0, 0.1) is 5.92 Å². The van der Waals surface area contributed by atoms with E-state index in [1.807, 2.05) is 48.3 Å². The summed E-state index contributed by atoms with van der Waals surface area (Å²) in [6, 6.07) is 7.37. The van der Waals surface area contributed by atoms with Gasteiger partial charge in [-0.25, -0.2) is 4.98 Å². The van der Waals surface area contributed by atoms with Gasteiger partial charge in [0, 0.05) is 68.0 Å². The van der Waals surface area contributed by atoms with Crippen LogP contribution in [0.5, 0.6) is 0 Å². The van der Waals surface area contributed by atoms with Gasteiger partial charge in [-0.15, -0.1) is 0 Å². The van der Waals surface area contributed by atoms with Crippen LogP contribution < -0.4 is 5.32 Å². The fraction of sp³-hybridized carbons (Fsp3) is 0.316. The molecule has 3 heterocycles. The highest BCUT2D eigenvalue weighted by Crippen LogP contribution is 2.35. The average Bonchev–Trinajstić information content (AvgIpc) is 3.33. The zero-order valence-corrected chi connectivity index (χ0v) is 14.8. The summed E-state index contributed by atoms with van der Waals surface area (Å²) >= 11 is 0. The van der Waals surface area contributed by atoms with E-state index in [0.29, 0.717) is 18.5 Å². The van der Waals surface area contributed by atoms with Crippen LogP contribution in [0.25, 0.3) is 10.9 Å². The highest BCUT2D eigenvalue weighted by Gasteiger charge is 2.40. The van der Waals surface area contributed by atoms with Crippen LogP contribution in [-0.2, 0) is 11.8 Å². The summed E-state index contributed by atoms with van der Waals surface area (Å²) in [7, 11) is 3.71. The summed E-state index contributed by atoms with van der Waals surface area (Å²) in [5, 5.41) is 3.90. The number of hydrogen-bond acceptors (Lipinski definition) is 3.